The van der Waals surface area contributed by atoms with Crippen LogP contribution < -0.4 is 9.62 Å². The summed E-state index contributed by atoms with van der Waals surface area (Å²) in [6.07, 6.45) is 2.25. The molecule has 178 valence electrons. The molecule has 0 saturated carbocycles. The number of ether oxygens (including phenoxy) is 1. The first-order chi connectivity index (χ1) is 15.7. The van der Waals surface area contributed by atoms with E-state index in [1.54, 1.807) is 6.07 Å². The maximum absolute atomic E-state index is 13.3. The van der Waals surface area contributed by atoms with Crippen LogP contribution in [0.1, 0.15) is 12.8 Å². The number of hydrogen-bond acceptors (Lipinski definition) is 6. The van der Waals surface area contributed by atoms with Crippen molar-refractivity contribution in [3.05, 3.63) is 46.3 Å². The average molecular weight is 515 g/mol. The molecule has 5 rings (SSSR count). The van der Waals surface area contributed by atoms with Gasteiger partial charge in [0.05, 0.1) is 28.9 Å². The van der Waals surface area contributed by atoms with E-state index >= 15 is 0 Å². The Morgan fingerprint density at radius 1 is 1.21 bits per heavy atom. The van der Waals surface area contributed by atoms with Gasteiger partial charge in [0.15, 0.2) is 0 Å². The van der Waals surface area contributed by atoms with Crippen LogP contribution >= 0.6 is 23.2 Å². The van der Waals surface area contributed by atoms with Crippen molar-refractivity contribution in [1.29, 1.82) is 0 Å². The molecule has 1 spiro atoms. The van der Waals surface area contributed by atoms with Crippen LogP contribution in [0.5, 0.6) is 0 Å². The Labute approximate surface area is 202 Å². The summed E-state index contributed by atoms with van der Waals surface area (Å²) in [6.45, 7) is 6.71. The van der Waals surface area contributed by atoms with E-state index in [0.717, 1.165) is 64.1 Å². The molecule has 4 heterocycles. The van der Waals surface area contributed by atoms with Crippen molar-refractivity contribution in [3.8, 4) is 0 Å². The second-order valence-electron chi connectivity index (χ2n) is 9.26. The SMILES string of the molecule is O=S(=O)(Nc1cccc(F)n1)c1cc(Cl)c(N2CCC(CN3CCC4(COC4)C3)C2)cc1Cl. The van der Waals surface area contributed by atoms with Crippen LogP contribution in [0.2, 0.25) is 10.0 Å². The first-order valence-corrected chi connectivity index (χ1v) is 13.2. The summed E-state index contributed by atoms with van der Waals surface area (Å²) < 4.78 is 46.6. The Balaban J connectivity index is 1.27. The van der Waals surface area contributed by atoms with E-state index in [-0.39, 0.29) is 15.7 Å². The predicted octanol–water partition coefficient (Wildman–Crippen LogP) is 3.88. The van der Waals surface area contributed by atoms with Crippen LogP contribution in [-0.4, -0.2) is 64.2 Å². The maximum Gasteiger partial charge on any atom is 0.264 e. The molecule has 1 aromatic carbocycles. The highest BCUT2D eigenvalue weighted by atomic mass is 35.5. The molecule has 2 aromatic rings. The van der Waals surface area contributed by atoms with Gasteiger partial charge in [-0.2, -0.15) is 4.39 Å². The lowest BCUT2D eigenvalue weighted by atomic mass is 9.85. The lowest BCUT2D eigenvalue weighted by Crippen LogP contribution is -2.45. The Kier molecular flexibility index (Phi) is 6.20. The lowest BCUT2D eigenvalue weighted by Gasteiger charge is -2.38. The molecule has 0 aliphatic carbocycles. The van der Waals surface area contributed by atoms with Crippen LogP contribution in [0.4, 0.5) is 15.9 Å². The Morgan fingerprint density at radius 3 is 2.73 bits per heavy atom. The van der Waals surface area contributed by atoms with Crippen LogP contribution in [-0.2, 0) is 14.8 Å². The maximum atomic E-state index is 13.3. The quantitative estimate of drug-likeness (QED) is 0.589. The van der Waals surface area contributed by atoms with Crippen molar-refractivity contribution in [2.45, 2.75) is 17.7 Å². The van der Waals surface area contributed by atoms with Gasteiger partial charge in [-0.25, -0.2) is 13.4 Å². The summed E-state index contributed by atoms with van der Waals surface area (Å²) in [6, 6.07) is 6.79. The molecule has 0 radical (unpaired) electrons. The Hall–Kier alpha value is -1.65. The fourth-order valence-corrected chi connectivity index (χ4v) is 6.90. The number of nitrogens with zero attached hydrogens (tertiary/aromatic N) is 3. The van der Waals surface area contributed by atoms with E-state index in [4.69, 9.17) is 27.9 Å². The standard InChI is InChI=1S/C22H25Cl2FN4O3S/c23-16-9-19(33(30,31)27-21-3-1-2-20(25)26-21)17(24)8-18(16)29-6-4-15(11-29)10-28-7-5-22(12-28)13-32-14-22/h1-3,8-9,15H,4-7,10-14H2,(H,26,27). The van der Waals surface area contributed by atoms with Crippen LogP contribution in [0, 0.1) is 17.3 Å². The molecule has 1 N–H and O–H groups in total. The van der Waals surface area contributed by atoms with Crippen LogP contribution in [0.25, 0.3) is 0 Å². The number of hydrogen-bond donors (Lipinski definition) is 1. The van der Waals surface area contributed by atoms with E-state index in [0.29, 0.717) is 16.4 Å². The number of aromatic nitrogens is 1. The highest BCUT2D eigenvalue weighted by Crippen LogP contribution is 2.40. The number of pyridine rings is 1. The predicted molar refractivity (Wildman–Crippen MR) is 126 cm³/mol. The third-order valence-corrected chi connectivity index (χ3v) is 8.84. The van der Waals surface area contributed by atoms with E-state index in [1.807, 2.05) is 0 Å². The zero-order valence-corrected chi connectivity index (χ0v) is 20.3. The summed E-state index contributed by atoms with van der Waals surface area (Å²) in [5, 5.41) is 0.354. The van der Waals surface area contributed by atoms with Gasteiger partial charge in [-0.15, -0.1) is 0 Å². The fourth-order valence-electron chi connectivity index (χ4n) is 5.00. The van der Waals surface area contributed by atoms with Crippen molar-refractivity contribution in [1.82, 2.24) is 9.88 Å². The van der Waals surface area contributed by atoms with Gasteiger partial charge in [0.1, 0.15) is 10.7 Å². The van der Waals surface area contributed by atoms with Gasteiger partial charge in [-0.1, -0.05) is 29.3 Å². The van der Waals surface area contributed by atoms with Crippen molar-refractivity contribution in [2.75, 3.05) is 55.6 Å². The second-order valence-corrected chi connectivity index (χ2v) is 11.7. The monoisotopic (exact) mass is 514 g/mol. The number of anilines is 2. The van der Waals surface area contributed by atoms with Gasteiger partial charge in [-0.3, -0.25) is 4.72 Å². The molecule has 3 aliphatic heterocycles. The molecule has 11 heteroatoms. The van der Waals surface area contributed by atoms with Crippen molar-refractivity contribution < 1.29 is 17.5 Å². The molecule has 0 bridgehead atoms. The number of nitrogens with one attached hydrogen (secondary N) is 1. The Bertz CT molecular complexity index is 1160. The van der Waals surface area contributed by atoms with Gasteiger partial charge in [-0.05, 0) is 49.6 Å². The Morgan fingerprint density at radius 2 is 2.03 bits per heavy atom. The summed E-state index contributed by atoms with van der Waals surface area (Å²) in [5.74, 6) is -0.408. The number of rotatable bonds is 6. The summed E-state index contributed by atoms with van der Waals surface area (Å²) in [5.41, 5.74) is 1.10. The molecular weight excluding hydrogens is 490 g/mol. The zero-order valence-electron chi connectivity index (χ0n) is 17.9. The van der Waals surface area contributed by atoms with Gasteiger partial charge in [0, 0.05) is 31.6 Å². The van der Waals surface area contributed by atoms with E-state index in [2.05, 4.69) is 19.5 Å². The number of sulfonamides is 1. The number of likely N-dealkylation sites (tertiary alicyclic amines) is 1. The zero-order chi connectivity index (χ0) is 23.2. The second kappa shape index (κ2) is 8.85. The smallest absolute Gasteiger partial charge is 0.264 e. The van der Waals surface area contributed by atoms with Crippen molar-refractivity contribution in [3.63, 3.8) is 0 Å². The largest absolute Gasteiger partial charge is 0.380 e. The normalized spacial score (nSPS) is 22.6. The molecule has 0 amide bonds. The molecule has 3 fully saturated rings. The van der Waals surface area contributed by atoms with Gasteiger partial charge in [0.25, 0.3) is 10.0 Å². The molecule has 7 nitrogen and oxygen atoms in total. The lowest BCUT2D eigenvalue weighted by molar-refractivity contribution is -0.105. The summed E-state index contributed by atoms with van der Waals surface area (Å²) in [7, 11) is -4.09. The summed E-state index contributed by atoms with van der Waals surface area (Å²) >= 11 is 12.9. The van der Waals surface area contributed by atoms with Gasteiger partial charge < -0.3 is 14.5 Å². The molecule has 1 aromatic heterocycles. The van der Waals surface area contributed by atoms with Crippen LogP contribution in [0.3, 0.4) is 0 Å². The van der Waals surface area contributed by atoms with Gasteiger partial charge >= 0.3 is 0 Å². The molecular formula is C22H25Cl2FN4O3S. The molecule has 1 unspecified atom stereocenters. The average Bonchev–Trinajstić information content (AvgIpc) is 3.36. The highest BCUT2D eigenvalue weighted by molar-refractivity contribution is 7.92. The van der Waals surface area contributed by atoms with E-state index in [9.17, 15) is 12.8 Å². The third-order valence-electron chi connectivity index (χ3n) is 6.72. The molecule has 3 saturated heterocycles. The van der Waals surface area contributed by atoms with Gasteiger partial charge in [0.2, 0.25) is 5.95 Å². The number of benzene rings is 1. The molecule has 3 aliphatic rings. The topological polar surface area (TPSA) is 74.8 Å². The minimum absolute atomic E-state index is 0.0493. The summed E-state index contributed by atoms with van der Waals surface area (Å²) in [4.78, 5) is 8.05. The first-order valence-electron chi connectivity index (χ1n) is 10.9. The van der Waals surface area contributed by atoms with E-state index < -0.39 is 16.0 Å². The number of halogens is 3. The minimum atomic E-state index is -4.09. The minimum Gasteiger partial charge on any atom is -0.380 e. The van der Waals surface area contributed by atoms with Crippen molar-refractivity contribution >= 4 is 44.7 Å². The highest BCUT2D eigenvalue weighted by Gasteiger charge is 2.44. The molecule has 1 atom stereocenters. The molecule has 33 heavy (non-hydrogen) atoms. The van der Waals surface area contributed by atoms with Crippen molar-refractivity contribution in [2.24, 2.45) is 11.3 Å². The first kappa shape index (κ1) is 23.1. The fraction of sp³-hybridized carbons (Fsp3) is 0.500. The van der Waals surface area contributed by atoms with E-state index in [1.165, 1.54) is 24.6 Å². The third kappa shape index (κ3) is 4.79. The van der Waals surface area contributed by atoms with Crippen LogP contribution in [0.15, 0.2) is 35.2 Å².